The summed E-state index contributed by atoms with van der Waals surface area (Å²) in [6, 6.07) is 0. The van der Waals surface area contributed by atoms with Crippen LogP contribution in [0.1, 0.15) is 33.1 Å². The summed E-state index contributed by atoms with van der Waals surface area (Å²) in [5, 5.41) is 0.896. The van der Waals surface area contributed by atoms with Crippen LogP contribution in [0.5, 0.6) is 0 Å². The largest absolute Gasteiger partial charge is 0.324 e. The monoisotopic (exact) mass is 202 g/mol. The van der Waals surface area contributed by atoms with Crippen LogP contribution in [0.4, 0.5) is 0 Å². The molecule has 0 spiro atoms. The Morgan fingerprint density at radius 1 is 1.31 bits per heavy atom. The molecule has 13 heavy (non-hydrogen) atoms. The van der Waals surface area contributed by atoms with Crippen LogP contribution in [0, 0.1) is 0 Å². The third-order valence-corrected chi connectivity index (χ3v) is 5.36. The van der Waals surface area contributed by atoms with Crippen molar-refractivity contribution in [2.75, 3.05) is 26.9 Å². The van der Waals surface area contributed by atoms with E-state index in [2.05, 4.69) is 46.8 Å². The highest BCUT2D eigenvalue weighted by atomic mass is 32.2. The lowest BCUT2D eigenvalue weighted by atomic mass is 9.85. The summed E-state index contributed by atoms with van der Waals surface area (Å²) in [6.45, 7) is 4.64. The van der Waals surface area contributed by atoms with Crippen molar-refractivity contribution >= 4 is 11.8 Å². The Kier molecular flexibility index (Phi) is 3.34. The second-order valence-corrected chi connectivity index (χ2v) is 6.26. The van der Waals surface area contributed by atoms with Gasteiger partial charge in [-0.05, 0) is 6.42 Å². The maximum absolute atomic E-state index is 2.36. The van der Waals surface area contributed by atoms with Crippen LogP contribution in [0.2, 0.25) is 0 Å². The predicted molar refractivity (Wildman–Crippen MR) is 62.2 cm³/mol. The van der Waals surface area contributed by atoms with E-state index in [1.54, 1.807) is 0 Å². The Hall–Kier alpha value is 0.310. The van der Waals surface area contributed by atoms with E-state index in [0.717, 1.165) is 9.73 Å². The molecule has 0 bridgehead atoms. The minimum Gasteiger partial charge on any atom is -0.324 e. The van der Waals surface area contributed by atoms with Crippen molar-refractivity contribution < 1.29 is 4.48 Å². The molecule has 0 radical (unpaired) electrons. The lowest BCUT2D eigenvalue weighted by Gasteiger charge is -2.56. The van der Waals surface area contributed by atoms with Crippen LogP contribution < -0.4 is 0 Å². The lowest BCUT2D eigenvalue weighted by molar-refractivity contribution is -0.922. The maximum atomic E-state index is 2.36. The summed E-state index contributed by atoms with van der Waals surface area (Å²) in [7, 11) is 7.08. The van der Waals surface area contributed by atoms with Gasteiger partial charge in [-0.1, -0.05) is 20.3 Å². The van der Waals surface area contributed by atoms with E-state index in [1.165, 1.54) is 25.0 Å². The SMILES string of the molecule is CCC[C@@]1([N+](C)(C)C)CS[C@@H]1CC. The minimum atomic E-state index is 0.578. The van der Waals surface area contributed by atoms with Gasteiger partial charge in [0.15, 0.2) is 0 Å². The Bertz CT molecular complexity index is 171. The topological polar surface area (TPSA) is 0 Å². The number of hydrogen-bond acceptors (Lipinski definition) is 1. The molecule has 1 saturated heterocycles. The van der Waals surface area contributed by atoms with Crippen LogP contribution in [0.15, 0.2) is 0 Å². The van der Waals surface area contributed by atoms with E-state index in [-0.39, 0.29) is 0 Å². The van der Waals surface area contributed by atoms with Crippen molar-refractivity contribution in [3.63, 3.8) is 0 Å². The van der Waals surface area contributed by atoms with Gasteiger partial charge in [-0.25, -0.2) is 0 Å². The first kappa shape index (κ1) is 11.4. The molecule has 0 aromatic carbocycles. The van der Waals surface area contributed by atoms with Gasteiger partial charge < -0.3 is 4.48 Å². The first-order valence-corrected chi connectivity index (χ1v) is 6.46. The highest BCUT2D eigenvalue weighted by Gasteiger charge is 2.55. The van der Waals surface area contributed by atoms with Crippen LogP contribution in [-0.2, 0) is 0 Å². The van der Waals surface area contributed by atoms with Gasteiger partial charge in [-0.3, -0.25) is 0 Å². The average molecular weight is 202 g/mol. The molecule has 1 fully saturated rings. The number of hydrogen-bond donors (Lipinski definition) is 0. The Morgan fingerprint density at radius 3 is 2.15 bits per heavy atom. The van der Waals surface area contributed by atoms with Gasteiger partial charge >= 0.3 is 0 Å². The van der Waals surface area contributed by atoms with Gasteiger partial charge in [0.2, 0.25) is 0 Å². The van der Waals surface area contributed by atoms with E-state index in [1.807, 2.05) is 0 Å². The average Bonchev–Trinajstić information content (AvgIpc) is 1.96. The van der Waals surface area contributed by atoms with E-state index >= 15 is 0 Å². The first-order valence-electron chi connectivity index (χ1n) is 5.41. The zero-order chi connectivity index (χ0) is 10.1. The number of thioether (sulfide) groups is 1. The normalized spacial score (nSPS) is 34.4. The predicted octanol–water partition coefficient (Wildman–Crippen LogP) is 2.76. The molecule has 1 heterocycles. The molecular formula is C11H24NS+. The summed E-state index contributed by atoms with van der Waals surface area (Å²) in [5.74, 6) is 1.36. The molecule has 1 aliphatic rings. The van der Waals surface area contributed by atoms with E-state index < -0.39 is 0 Å². The van der Waals surface area contributed by atoms with Gasteiger partial charge in [-0.2, -0.15) is 0 Å². The zero-order valence-corrected chi connectivity index (χ0v) is 10.6. The summed E-state index contributed by atoms with van der Waals surface area (Å²) >= 11 is 2.16. The minimum absolute atomic E-state index is 0.578. The van der Waals surface area contributed by atoms with E-state index in [0.29, 0.717) is 5.54 Å². The summed E-state index contributed by atoms with van der Waals surface area (Å²) < 4.78 is 1.15. The summed E-state index contributed by atoms with van der Waals surface area (Å²) in [6.07, 6.45) is 4.05. The molecule has 0 aromatic rings. The molecule has 0 N–H and O–H groups in total. The standard InChI is InChI=1S/C11H24NS/c1-6-8-11(12(3,4)5)9-13-10(11)7-2/h10H,6-9H2,1-5H3/q+1/t10-,11-/m1/s1. The molecular weight excluding hydrogens is 178 g/mol. The maximum Gasteiger partial charge on any atom is 0.120 e. The van der Waals surface area contributed by atoms with Crippen LogP contribution in [-0.4, -0.2) is 42.2 Å². The van der Waals surface area contributed by atoms with Crippen LogP contribution >= 0.6 is 11.8 Å². The molecule has 0 aromatic heterocycles. The Balaban J connectivity index is 2.76. The van der Waals surface area contributed by atoms with Gasteiger partial charge in [-0.15, -0.1) is 11.8 Å². The van der Waals surface area contributed by atoms with Gasteiger partial charge in [0.05, 0.1) is 32.1 Å². The van der Waals surface area contributed by atoms with Crippen molar-refractivity contribution in [2.24, 2.45) is 0 Å². The highest BCUT2D eigenvalue weighted by molar-refractivity contribution is 8.01. The molecule has 0 amide bonds. The first-order chi connectivity index (χ1) is 5.98. The molecule has 78 valence electrons. The quantitative estimate of drug-likeness (QED) is 0.632. The van der Waals surface area contributed by atoms with Crippen molar-refractivity contribution in [3.8, 4) is 0 Å². The second-order valence-electron chi connectivity index (χ2n) is 5.07. The van der Waals surface area contributed by atoms with Crippen molar-refractivity contribution in [2.45, 2.75) is 43.9 Å². The van der Waals surface area contributed by atoms with Crippen LogP contribution in [0.25, 0.3) is 0 Å². The Labute approximate surface area is 87.5 Å². The molecule has 0 aliphatic carbocycles. The lowest BCUT2D eigenvalue weighted by Crippen LogP contribution is -2.69. The molecule has 1 rings (SSSR count). The van der Waals surface area contributed by atoms with Gasteiger partial charge in [0, 0.05) is 6.42 Å². The fraction of sp³-hybridized carbons (Fsp3) is 1.00. The van der Waals surface area contributed by atoms with Crippen molar-refractivity contribution in [3.05, 3.63) is 0 Å². The molecule has 2 heteroatoms. The smallest absolute Gasteiger partial charge is 0.120 e. The summed E-state index contributed by atoms with van der Waals surface area (Å²) in [5.41, 5.74) is 0.578. The Morgan fingerprint density at radius 2 is 1.92 bits per heavy atom. The molecule has 0 unspecified atom stereocenters. The van der Waals surface area contributed by atoms with E-state index in [9.17, 15) is 0 Å². The van der Waals surface area contributed by atoms with E-state index in [4.69, 9.17) is 0 Å². The van der Waals surface area contributed by atoms with Gasteiger partial charge in [0.25, 0.3) is 0 Å². The second kappa shape index (κ2) is 3.82. The number of nitrogens with zero attached hydrogens (tertiary/aromatic N) is 1. The zero-order valence-electron chi connectivity index (χ0n) is 9.76. The molecule has 2 atom stereocenters. The molecule has 0 saturated carbocycles. The fourth-order valence-corrected chi connectivity index (χ4v) is 4.51. The molecule has 1 aliphatic heterocycles. The third kappa shape index (κ3) is 1.75. The number of quaternary nitrogens is 1. The van der Waals surface area contributed by atoms with Gasteiger partial charge in [0.1, 0.15) is 5.54 Å². The van der Waals surface area contributed by atoms with Crippen molar-refractivity contribution in [1.29, 1.82) is 0 Å². The summed E-state index contributed by atoms with van der Waals surface area (Å²) in [4.78, 5) is 0. The molecule has 1 nitrogen and oxygen atoms in total. The highest BCUT2D eigenvalue weighted by Crippen LogP contribution is 2.48. The number of rotatable bonds is 4. The van der Waals surface area contributed by atoms with Crippen LogP contribution in [0.3, 0.4) is 0 Å². The third-order valence-electron chi connectivity index (χ3n) is 3.52. The fourth-order valence-electron chi connectivity index (χ4n) is 2.52. The van der Waals surface area contributed by atoms with Crippen molar-refractivity contribution in [1.82, 2.24) is 0 Å².